The van der Waals surface area contributed by atoms with Gasteiger partial charge in [-0.15, -0.1) is 0 Å². The van der Waals surface area contributed by atoms with E-state index in [4.69, 9.17) is 0 Å². The topological polar surface area (TPSA) is 69.7 Å². The van der Waals surface area contributed by atoms with Crippen molar-refractivity contribution in [2.75, 3.05) is 29.9 Å². The monoisotopic (exact) mass is 497 g/mol. The van der Waals surface area contributed by atoms with Crippen LogP contribution in [0.15, 0.2) is 53.4 Å². The van der Waals surface area contributed by atoms with Gasteiger partial charge in [0.15, 0.2) is 0 Å². The van der Waals surface area contributed by atoms with E-state index in [1.165, 1.54) is 0 Å². The van der Waals surface area contributed by atoms with Crippen molar-refractivity contribution in [3.8, 4) is 0 Å². The Morgan fingerprint density at radius 3 is 2.26 bits per heavy atom. The Hall–Kier alpha value is -2.59. The molecule has 0 aliphatic carbocycles. The van der Waals surface area contributed by atoms with Crippen LogP contribution in [0.5, 0.6) is 0 Å². The smallest absolute Gasteiger partial charge is 0.369 e. The lowest BCUT2D eigenvalue weighted by atomic mass is 9.97. The lowest BCUT2D eigenvalue weighted by Crippen LogP contribution is -2.41. The molecule has 0 atom stereocenters. The minimum absolute atomic E-state index is 0.0649. The van der Waals surface area contributed by atoms with Crippen LogP contribution in [-0.2, 0) is 21.0 Å². The minimum Gasteiger partial charge on any atom is -0.369 e. The Labute approximate surface area is 198 Å². The highest BCUT2D eigenvalue weighted by atomic mass is 32.2. The molecule has 6 nitrogen and oxygen atoms in total. The number of anilines is 2. The fraction of sp³-hybridized carbons (Fsp3) is 0.458. The Morgan fingerprint density at radius 2 is 1.74 bits per heavy atom. The molecule has 10 heteroatoms. The molecule has 1 amide bonds. The van der Waals surface area contributed by atoms with Gasteiger partial charge in [-0.1, -0.05) is 6.07 Å². The van der Waals surface area contributed by atoms with Crippen LogP contribution in [0, 0.1) is 5.92 Å². The molecule has 1 aliphatic rings. The van der Waals surface area contributed by atoms with E-state index >= 15 is 0 Å². The van der Waals surface area contributed by atoms with Crippen LogP contribution in [0.3, 0.4) is 0 Å². The van der Waals surface area contributed by atoms with Gasteiger partial charge in [-0.2, -0.15) is 17.5 Å². The van der Waals surface area contributed by atoms with Gasteiger partial charge in [0.1, 0.15) is 0 Å². The molecule has 1 N–H and O–H groups in total. The molecule has 1 fully saturated rings. The molecule has 186 valence electrons. The first kappa shape index (κ1) is 26.0. The maximum Gasteiger partial charge on any atom is 0.416 e. The number of hydrogen-bond acceptors (Lipinski definition) is 4. The summed E-state index contributed by atoms with van der Waals surface area (Å²) < 4.78 is 65.8. The van der Waals surface area contributed by atoms with Crippen molar-refractivity contribution in [1.29, 1.82) is 0 Å². The molecule has 0 spiro atoms. The molecule has 0 bridgehead atoms. The van der Waals surface area contributed by atoms with Crippen molar-refractivity contribution in [3.63, 3.8) is 0 Å². The zero-order valence-electron chi connectivity index (χ0n) is 19.5. The van der Waals surface area contributed by atoms with E-state index in [1.54, 1.807) is 0 Å². The number of sulfonamides is 1. The van der Waals surface area contributed by atoms with Crippen molar-refractivity contribution in [2.24, 2.45) is 5.92 Å². The maximum absolute atomic E-state index is 13.0. The molecule has 0 saturated carbocycles. The highest BCUT2D eigenvalue weighted by Gasteiger charge is 2.35. The Morgan fingerprint density at radius 1 is 1.12 bits per heavy atom. The molecular weight excluding hydrogens is 467 g/mol. The van der Waals surface area contributed by atoms with Crippen LogP contribution in [0.1, 0.15) is 39.2 Å². The molecule has 0 unspecified atom stereocenters. The largest absolute Gasteiger partial charge is 0.416 e. The second-order valence-corrected chi connectivity index (χ2v) is 10.6. The quantitative estimate of drug-likeness (QED) is 0.586. The van der Waals surface area contributed by atoms with Crippen molar-refractivity contribution >= 4 is 27.3 Å². The number of nitrogens with one attached hydrogen (secondary N) is 1. The molecule has 1 heterocycles. The van der Waals surface area contributed by atoms with Gasteiger partial charge in [0, 0.05) is 43.0 Å². The number of alkyl halides is 3. The predicted octanol–water partition coefficient (Wildman–Crippen LogP) is 4.98. The number of piperidine rings is 1. The normalized spacial score (nSPS) is 16.0. The summed E-state index contributed by atoms with van der Waals surface area (Å²) in [4.78, 5) is 14.6. The van der Waals surface area contributed by atoms with Crippen LogP contribution in [-0.4, -0.2) is 44.3 Å². The molecule has 1 saturated heterocycles. The third-order valence-corrected chi connectivity index (χ3v) is 7.95. The maximum atomic E-state index is 13.0. The van der Waals surface area contributed by atoms with Gasteiger partial charge in [-0.05, 0) is 76.1 Å². The van der Waals surface area contributed by atoms with E-state index in [1.807, 2.05) is 24.3 Å². The number of rotatable bonds is 7. The zero-order chi connectivity index (χ0) is 25.1. The standard InChI is InChI=1S/C24H30F3N3O3S/c1-4-30(17(2)3)21-10-8-20(9-11-21)28-23(31)18-12-14-29(15-13-18)34(32,33)22-7-5-6-19(16-22)24(25,26)27/h5-11,16-18H,4,12-15H2,1-3H3,(H,28,31). The van der Waals surface area contributed by atoms with E-state index in [9.17, 15) is 26.4 Å². The molecule has 3 rings (SSSR count). The zero-order valence-corrected chi connectivity index (χ0v) is 20.3. The SMILES string of the molecule is CCN(c1ccc(NC(=O)C2CCN(S(=O)(=O)c3cccc(C(F)(F)F)c3)CC2)cc1)C(C)C. The number of benzene rings is 2. The van der Waals surface area contributed by atoms with Crippen molar-refractivity contribution < 1.29 is 26.4 Å². The Balaban J connectivity index is 1.61. The van der Waals surface area contributed by atoms with Gasteiger partial charge in [-0.25, -0.2) is 8.42 Å². The van der Waals surface area contributed by atoms with E-state index in [2.05, 4.69) is 31.0 Å². The number of carbonyl (C=O) groups excluding carboxylic acids is 1. The van der Waals surface area contributed by atoms with Gasteiger partial charge in [-0.3, -0.25) is 4.79 Å². The van der Waals surface area contributed by atoms with Crippen LogP contribution in [0.2, 0.25) is 0 Å². The average molecular weight is 498 g/mol. The summed E-state index contributed by atoms with van der Waals surface area (Å²) in [6.45, 7) is 7.29. The van der Waals surface area contributed by atoms with Gasteiger partial charge >= 0.3 is 6.18 Å². The number of nitrogens with zero attached hydrogens (tertiary/aromatic N) is 2. The van der Waals surface area contributed by atoms with E-state index in [0.29, 0.717) is 30.6 Å². The van der Waals surface area contributed by atoms with Crippen molar-refractivity contribution in [2.45, 2.75) is 50.7 Å². The predicted molar refractivity (Wildman–Crippen MR) is 126 cm³/mol. The molecule has 1 aliphatic heterocycles. The van der Waals surface area contributed by atoms with Crippen LogP contribution in [0.25, 0.3) is 0 Å². The first-order chi connectivity index (χ1) is 15.9. The lowest BCUT2D eigenvalue weighted by molar-refractivity contribution is -0.137. The lowest BCUT2D eigenvalue weighted by Gasteiger charge is -2.31. The summed E-state index contributed by atoms with van der Waals surface area (Å²) in [6, 6.07) is 11.7. The third-order valence-electron chi connectivity index (χ3n) is 6.05. The van der Waals surface area contributed by atoms with Gasteiger partial charge in [0.25, 0.3) is 0 Å². The third kappa shape index (κ3) is 5.90. The molecule has 2 aromatic rings. The van der Waals surface area contributed by atoms with Gasteiger partial charge < -0.3 is 10.2 Å². The summed E-state index contributed by atoms with van der Waals surface area (Å²) in [5.41, 5.74) is 0.709. The number of amides is 1. The first-order valence-corrected chi connectivity index (χ1v) is 12.7. The summed E-state index contributed by atoms with van der Waals surface area (Å²) in [5.74, 6) is -0.574. The van der Waals surface area contributed by atoms with Crippen LogP contribution in [0.4, 0.5) is 24.5 Å². The first-order valence-electron chi connectivity index (χ1n) is 11.3. The molecule has 34 heavy (non-hydrogen) atoms. The Kier molecular flexibility index (Phi) is 7.92. The number of hydrogen-bond donors (Lipinski definition) is 1. The summed E-state index contributed by atoms with van der Waals surface area (Å²) >= 11 is 0. The number of carbonyl (C=O) groups is 1. The number of halogens is 3. The summed E-state index contributed by atoms with van der Waals surface area (Å²) in [5, 5.41) is 2.88. The molecular formula is C24H30F3N3O3S. The second kappa shape index (κ2) is 10.4. The molecule has 0 aromatic heterocycles. The average Bonchev–Trinajstić information content (AvgIpc) is 2.80. The highest BCUT2D eigenvalue weighted by Crippen LogP contribution is 2.32. The van der Waals surface area contributed by atoms with Crippen molar-refractivity contribution in [3.05, 3.63) is 54.1 Å². The van der Waals surface area contributed by atoms with E-state index in [0.717, 1.165) is 34.7 Å². The molecule has 2 aromatic carbocycles. The van der Waals surface area contributed by atoms with Crippen LogP contribution < -0.4 is 10.2 Å². The second-order valence-electron chi connectivity index (χ2n) is 8.62. The minimum atomic E-state index is -4.63. The Bertz CT molecular complexity index is 1090. The summed E-state index contributed by atoms with van der Waals surface area (Å²) in [7, 11) is -4.08. The summed E-state index contributed by atoms with van der Waals surface area (Å²) in [6.07, 6.45) is -4.05. The van der Waals surface area contributed by atoms with Crippen molar-refractivity contribution in [1.82, 2.24) is 4.31 Å². The highest BCUT2D eigenvalue weighted by molar-refractivity contribution is 7.89. The molecule has 0 radical (unpaired) electrons. The van der Waals surface area contributed by atoms with Gasteiger partial charge in [0.2, 0.25) is 15.9 Å². The fourth-order valence-corrected chi connectivity index (χ4v) is 5.68. The van der Waals surface area contributed by atoms with E-state index < -0.39 is 26.7 Å². The van der Waals surface area contributed by atoms with Crippen LogP contribution >= 0.6 is 0 Å². The van der Waals surface area contributed by atoms with E-state index in [-0.39, 0.29) is 24.9 Å². The van der Waals surface area contributed by atoms with Gasteiger partial charge in [0.05, 0.1) is 10.5 Å². The fourth-order valence-electron chi connectivity index (χ4n) is 4.17.